The van der Waals surface area contributed by atoms with Gasteiger partial charge in [-0.05, 0) is 12.5 Å². The van der Waals surface area contributed by atoms with Crippen LogP contribution in [0.15, 0.2) is 53.5 Å². The van der Waals surface area contributed by atoms with Crippen molar-refractivity contribution in [3.8, 4) is 0 Å². The van der Waals surface area contributed by atoms with E-state index in [1.54, 1.807) is 6.92 Å². The maximum absolute atomic E-state index is 13.7. The first-order valence-electron chi connectivity index (χ1n) is 8.23. The lowest BCUT2D eigenvalue weighted by molar-refractivity contribution is -0.385. The van der Waals surface area contributed by atoms with E-state index < -0.39 is 39.2 Å². The summed E-state index contributed by atoms with van der Waals surface area (Å²) in [6, 6.07) is 9.94. The normalized spacial score (nSPS) is 19.3. The molecular weight excluding hydrogens is 438 g/mol. The molecule has 1 unspecified atom stereocenters. The number of alkyl halides is 6. The molecule has 1 aliphatic rings. The van der Waals surface area contributed by atoms with Crippen LogP contribution in [0.2, 0.25) is 0 Å². The average molecular weight is 450 g/mol. The summed E-state index contributed by atoms with van der Waals surface area (Å²) >= 11 is 0.504. The third-order valence-corrected chi connectivity index (χ3v) is 5.31. The van der Waals surface area contributed by atoms with Crippen LogP contribution in [0.1, 0.15) is 22.1 Å². The molecule has 0 aromatic heterocycles. The fraction of sp³-hybridized carbons (Fsp3) is 0.278. The summed E-state index contributed by atoms with van der Waals surface area (Å²) < 4.78 is 86.5. The molecule has 5 nitrogen and oxygen atoms in total. The van der Waals surface area contributed by atoms with Gasteiger partial charge in [-0.2, -0.15) is 26.3 Å². The molecule has 0 bridgehead atoms. The fourth-order valence-electron chi connectivity index (χ4n) is 2.65. The summed E-state index contributed by atoms with van der Waals surface area (Å²) in [4.78, 5) is 13.1. The smallest absolute Gasteiger partial charge is 0.319 e. The van der Waals surface area contributed by atoms with E-state index >= 15 is 0 Å². The predicted molar refractivity (Wildman–Crippen MR) is 97.1 cm³/mol. The Bertz CT molecular complexity index is 975. The number of nitrogens with zero attached hydrogens (tertiary/aromatic N) is 2. The second kappa shape index (κ2) is 7.58. The Morgan fingerprint density at radius 2 is 1.67 bits per heavy atom. The largest absolute Gasteiger partial charge is 0.448 e. The van der Waals surface area contributed by atoms with Gasteiger partial charge in [0.15, 0.2) is 0 Å². The van der Waals surface area contributed by atoms with Crippen LogP contribution in [0.3, 0.4) is 0 Å². The molecule has 0 saturated heterocycles. The van der Waals surface area contributed by atoms with E-state index in [9.17, 15) is 36.5 Å². The van der Waals surface area contributed by atoms with Crippen molar-refractivity contribution in [1.82, 2.24) is 0 Å². The molecule has 0 saturated carbocycles. The lowest BCUT2D eigenvalue weighted by Gasteiger charge is -2.39. The van der Waals surface area contributed by atoms with Gasteiger partial charge in [-0.25, -0.2) is 4.99 Å². The van der Waals surface area contributed by atoms with Crippen LogP contribution in [0.5, 0.6) is 0 Å². The van der Waals surface area contributed by atoms with Crippen LogP contribution in [0, 0.1) is 17.0 Å². The molecule has 0 amide bonds. The molecule has 160 valence electrons. The minimum absolute atomic E-state index is 0.0298. The molecule has 1 heterocycles. The highest BCUT2D eigenvalue weighted by Gasteiger charge is 2.75. The minimum atomic E-state index is -5.93. The van der Waals surface area contributed by atoms with Crippen LogP contribution >= 0.6 is 11.8 Å². The molecule has 0 fully saturated rings. The Balaban J connectivity index is 2.19. The number of rotatable bonds is 3. The molecule has 0 radical (unpaired) electrons. The van der Waals surface area contributed by atoms with Crippen molar-refractivity contribution < 1.29 is 36.0 Å². The first kappa shape index (κ1) is 22.1. The zero-order valence-electron chi connectivity index (χ0n) is 15.0. The first-order valence-corrected chi connectivity index (χ1v) is 9.11. The molecule has 30 heavy (non-hydrogen) atoms. The van der Waals surface area contributed by atoms with Crippen molar-refractivity contribution in [2.24, 2.45) is 4.99 Å². The van der Waals surface area contributed by atoms with Gasteiger partial charge >= 0.3 is 18.1 Å². The van der Waals surface area contributed by atoms with Crippen molar-refractivity contribution in [1.29, 1.82) is 0 Å². The summed E-state index contributed by atoms with van der Waals surface area (Å²) in [6.45, 7) is 1.70. The van der Waals surface area contributed by atoms with Crippen LogP contribution in [0.25, 0.3) is 0 Å². The quantitative estimate of drug-likeness (QED) is 0.330. The number of halogens is 6. The Hall–Kier alpha value is -2.60. The number of non-ortho nitro benzene ring substituents is 1. The zero-order valence-corrected chi connectivity index (χ0v) is 15.8. The number of aliphatic imine (C=N–C) groups is 1. The van der Waals surface area contributed by atoms with Gasteiger partial charge in [-0.15, -0.1) is 0 Å². The number of nitro benzene ring substituents is 1. The standard InChI is InChI=1S/C18H12F6N2O3S/c1-10-5-7-11(8-6-10)14-25-16(17(19,20)21,18(22,23)24)29-15(30-14)12-3-2-4-13(9-12)26(27)28/h2-9,15H,1H3. The van der Waals surface area contributed by atoms with Crippen molar-refractivity contribution in [3.05, 3.63) is 75.3 Å². The zero-order chi connectivity index (χ0) is 22.3. The summed E-state index contributed by atoms with van der Waals surface area (Å²) in [5.74, 6) is 0. The Morgan fingerprint density at radius 3 is 2.20 bits per heavy atom. The Labute approximate surface area is 169 Å². The predicted octanol–water partition coefficient (Wildman–Crippen LogP) is 5.93. The molecule has 1 atom stereocenters. The molecule has 0 N–H and O–H groups in total. The maximum Gasteiger partial charge on any atom is 0.448 e. The van der Waals surface area contributed by atoms with Crippen LogP contribution in [-0.4, -0.2) is 28.0 Å². The number of ether oxygens (including phenoxy) is 1. The summed E-state index contributed by atoms with van der Waals surface area (Å²) in [5.41, 5.74) is -6.62. The first-order chi connectivity index (χ1) is 13.8. The van der Waals surface area contributed by atoms with E-state index in [1.165, 1.54) is 24.3 Å². The van der Waals surface area contributed by atoms with Gasteiger partial charge in [0.1, 0.15) is 10.5 Å². The van der Waals surface area contributed by atoms with E-state index in [2.05, 4.69) is 9.73 Å². The fourth-order valence-corrected chi connectivity index (χ4v) is 3.77. The van der Waals surface area contributed by atoms with Crippen molar-refractivity contribution in [3.63, 3.8) is 0 Å². The maximum atomic E-state index is 13.7. The van der Waals surface area contributed by atoms with Gasteiger partial charge < -0.3 is 4.74 Å². The average Bonchev–Trinajstić information content (AvgIpc) is 2.66. The SMILES string of the molecule is Cc1ccc(C2=NC(C(F)(F)F)(C(F)(F)F)OC(c3cccc([N+](=O)[O-])c3)S2)cc1. The van der Waals surface area contributed by atoms with E-state index in [1.807, 2.05) is 0 Å². The lowest BCUT2D eigenvalue weighted by Crippen LogP contribution is -2.59. The molecule has 1 aliphatic heterocycles. The van der Waals surface area contributed by atoms with Crippen LogP contribution in [-0.2, 0) is 4.74 Å². The summed E-state index contributed by atoms with van der Waals surface area (Å²) in [7, 11) is 0. The van der Waals surface area contributed by atoms with Gasteiger partial charge in [0, 0.05) is 17.7 Å². The highest BCUT2D eigenvalue weighted by molar-refractivity contribution is 8.14. The lowest BCUT2D eigenvalue weighted by atomic mass is 10.1. The summed E-state index contributed by atoms with van der Waals surface area (Å²) in [5, 5.41) is 10.4. The number of hydrogen-bond acceptors (Lipinski definition) is 5. The van der Waals surface area contributed by atoms with E-state index in [0.29, 0.717) is 11.8 Å². The van der Waals surface area contributed by atoms with Gasteiger partial charge in [0.05, 0.1) is 4.92 Å². The Morgan fingerprint density at radius 1 is 1.07 bits per heavy atom. The van der Waals surface area contributed by atoms with Crippen molar-refractivity contribution in [2.75, 3.05) is 0 Å². The molecule has 0 spiro atoms. The van der Waals surface area contributed by atoms with Crippen molar-refractivity contribution in [2.45, 2.75) is 30.4 Å². The van der Waals surface area contributed by atoms with Gasteiger partial charge in [-0.3, -0.25) is 10.1 Å². The number of aryl methyl sites for hydroxylation is 1. The Kier molecular flexibility index (Phi) is 5.58. The highest BCUT2D eigenvalue weighted by atomic mass is 32.2. The van der Waals surface area contributed by atoms with E-state index in [0.717, 1.165) is 29.8 Å². The van der Waals surface area contributed by atoms with Crippen LogP contribution in [0.4, 0.5) is 32.0 Å². The van der Waals surface area contributed by atoms with Gasteiger partial charge in [0.2, 0.25) is 0 Å². The summed E-state index contributed by atoms with van der Waals surface area (Å²) in [6.07, 6.45) is -11.9. The van der Waals surface area contributed by atoms with Crippen LogP contribution < -0.4 is 0 Å². The second-order valence-electron chi connectivity index (χ2n) is 6.34. The van der Waals surface area contributed by atoms with Gasteiger partial charge in [-0.1, -0.05) is 53.7 Å². The topological polar surface area (TPSA) is 64.7 Å². The monoisotopic (exact) mass is 450 g/mol. The van der Waals surface area contributed by atoms with Gasteiger partial charge in [0.25, 0.3) is 5.69 Å². The number of thioether (sulfide) groups is 1. The number of benzene rings is 2. The molecule has 2 aromatic carbocycles. The molecule has 0 aliphatic carbocycles. The molecule has 12 heteroatoms. The molecule has 3 rings (SSSR count). The molecule has 2 aromatic rings. The second-order valence-corrected chi connectivity index (χ2v) is 7.39. The molecular formula is C18H12F6N2O3S. The van der Waals surface area contributed by atoms with E-state index in [4.69, 9.17) is 0 Å². The third kappa shape index (κ3) is 4.01. The van der Waals surface area contributed by atoms with Crippen molar-refractivity contribution >= 4 is 22.5 Å². The third-order valence-electron chi connectivity index (χ3n) is 4.18. The highest BCUT2D eigenvalue weighted by Crippen LogP contribution is 2.54. The number of hydrogen-bond donors (Lipinski definition) is 0. The minimum Gasteiger partial charge on any atom is -0.319 e. The van der Waals surface area contributed by atoms with E-state index in [-0.39, 0.29) is 11.1 Å². The number of nitro groups is 1.